The first kappa shape index (κ1) is 10.2. The molecule has 0 aliphatic heterocycles. The fourth-order valence-electron chi connectivity index (χ4n) is 0.831. The van der Waals surface area contributed by atoms with Gasteiger partial charge in [-0.15, -0.1) is 0 Å². The van der Waals surface area contributed by atoms with Crippen molar-refractivity contribution in [2.45, 2.75) is 11.6 Å². The van der Waals surface area contributed by atoms with E-state index in [1.54, 1.807) is 18.2 Å². The minimum Gasteiger partial charge on any atom is -0.641 e. The monoisotopic (exact) mass is 218 g/mol. The molecule has 0 atom stereocenters. The van der Waals surface area contributed by atoms with Gasteiger partial charge in [-0.3, -0.25) is 0 Å². The second-order valence-corrected chi connectivity index (χ2v) is 5.87. The normalized spacial score (nSPS) is 9.67. The predicted molar refractivity (Wildman–Crippen MR) is 54.6 cm³/mol. The Morgan fingerprint density at radius 3 is 2.08 bits per heavy atom. The molecule has 0 aliphatic carbocycles. The van der Waals surface area contributed by atoms with E-state index in [0.29, 0.717) is 15.8 Å². The molecule has 0 bridgehead atoms. The quantitative estimate of drug-likeness (QED) is 0.690. The summed E-state index contributed by atoms with van der Waals surface area (Å²) in [7, 11) is 0. The minimum absolute atomic E-state index is 0.587. The van der Waals surface area contributed by atoms with Crippen LogP contribution in [-0.2, 0) is 0 Å². The molecule has 0 fully saturated rings. The van der Waals surface area contributed by atoms with Gasteiger partial charge in [-0.05, 0) is 12.1 Å². The zero-order valence-electron chi connectivity index (χ0n) is 6.97. The van der Waals surface area contributed by atoms with Gasteiger partial charge in [-0.2, -0.15) is 0 Å². The first-order chi connectivity index (χ1) is 5.61. The van der Waals surface area contributed by atoms with Gasteiger partial charge in [0, 0.05) is 0 Å². The van der Waals surface area contributed by atoms with E-state index in [2.05, 4.69) is 11.6 Å². The summed E-state index contributed by atoms with van der Waals surface area (Å²) in [4.78, 5) is 0. The first-order valence-corrected chi connectivity index (χ1v) is 7.25. The van der Waals surface area contributed by atoms with E-state index >= 15 is 0 Å². The van der Waals surface area contributed by atoms with Crippen LogP contribution in [0.4, 0.5) is 0 Å². The van der Waals surface area contributed by atoms with Crippen molar-refractivity contribution in [1.29, 1.82) is 0 Å². The van der Waals surface area contributed by atoms with Crippen LogP contribution in [0.5, 0.6) is 5.75 Å². The van der Waals surface area contributed by atoms with Gasteiger partial charge in [-0.1, -0.05) is 40.8 Å². The van der Waals surface area contributed by atoms with Gasteiger partial charge >= 0.3 is 14.5 Å². The van der Waals surface area contributed by atoms with Gasteiger partial charge in [0.2, 0.25) is 0 Å². The number of halogens is 2. The fourth-order valence-corrected chi connectivity index (χ4v) is 2.19. The Labute approximate surface area is 87.0 Å². The van der Waals surface area contributed by atoms with Crippen molar-refractivity contribution in [1.82, 2.24) is 0 Å². The smallest absolute Gasteiger partial charge is 0.540 e. The van der Waals surface area contributed by atoms with Crippen molar-refractivity contribution >= 4 is 37.7 Å². The van der Waals surface area contributed by atoms with Crippen molar-refractivity contribution in [3.63, 3.8) is 0 Å². The molecule has 1 rings (SSSR count). The van der Waals surface area contributed by atoms with E-state index in [9.17, 15) is 0 Å². The lowest BCUT2D eigenvalue weighted by Crippen LogP contribution is -2.11. The molecule has 0 amide bonds. The molecule has 0 N–H and O–H groups in total. The van der Waals surface area contributed by atoms with E-state index in [4.69, 9.17) is 27.0 Å². The highest BCUT2D eigenvalue weighted by Crippen LogP contribution is 2.32. The number of hydrogen-bond donors (Lipinski definition) is 0. The molecule has 0 saturated carbocycles. The first-order valence-electron chi connectivity index (χ1n) is 3.72. The molecule has 0 saturated heterocycles. The van der Waals surface area contributed by atoms with Crippen LogP contribution in [0.2, 0.25) is 21.6 Å². The zero-order chi connectivity index (χ0) is 9.14. The summed E-state index contributed by atoms with van der Waals surface area (Å²) in [6.45, 7) is 0. The number of hydrogen-bond acceptors (Lipinski definition) is 1. The highest BCUT2D eigenvalue weighted by molar-refractivity contribution is 6.50. The van der Waals surface area contributed by atoms with Crippen LogP contribution in [-0.4, -0.2) is 14.5 Å². The Balaban J connectivity index is 2.96. The van der Waals surface area contributed by atoms with Gasteiger partial charge in [0.05, 0.1) is 10.0 Å². The van der Waals surface area contributed by atoms with Crippen molar-refractivity contribution in [2.24, 2.45) is 0 Å². The Kier molecular flexibility index (Phi) is 3.74. The van der Waals surface area contributed by atoms with Crippen LogP contribution in [0.15, 0.2) is 18.2 Å². The van der Waals surface area contributed by atoms with Crippen molar-refractivity contribution in [2.75, 3.05) is 0 Å². The molecule has 0 radical (unpaired) electrons. The lowest BCUT2D eigenvalue weighted by molar-refractivity contribution is 0.581. The highest BCUT2D eigenvalue weighted by Gasteiger charge is 2.12. The Hall–Kier alpha value is 0.132. The van der Waals surface area contributed by atoms with E-state index in [-0.39, 0.29) is 0 Å². The van der Waals surface area contributed by atoms with Crippen molar-refractivity contribution < 1.29 is 3.79 Å². The average Bonchev–Trinajstić information content (AvgIpc) is 1.97. The maximum atomic E-state index is 5.89. The molecule has 1 nitrogen and oxygen atoms in total. The highest BCUT2D eigenvalue weighted by atomic mass is 35.5. The second-order valence-electron chi connectivity index (χ2n) is 2.72. The third kappa shape index (κ3) is 2.57. The summed E-state index contributed by atoms with van der Waals surface area (Å²) >= 11 is 10.7. The summed E-state index contributed by atoms with van der Waals surface area (Å²) in [5.41, 5.74) is 0. The fraction of sp³-hybridized carbons (Fsp3) is 0.250. The molecule has 4 heteroatoms. The van der Waals surface area contributed by atoms with E-state index in [1.807, 2.05) is 0 Å². The van der Waals surface area contributed by atoms with E-state index in [1.165, 1.54) is 0 Å². The molecule has 0 aromatic heterocycles. The summed E-state index contributed by atoms with van der Waals surface area (Å²) in [5.74, 6) is 4.77. The predicted octanol–water partition coefficient (Wildman–Crippen LogP) is 3.62. The minimum atomic E-state index is -1.12. The van der Waals surface area contributed by atoms with E-state index < -0.39 is 14.5 Å². The topological polar surface area (TPSA) is 9.23 Å². The largest absolute Gasteiger partial charge is 0.641 e. The number of rotatable bonds is 2. The zero-order valence-corrected chi connectivity index (χ0v) is 9.64. The number of para-hydroxylation sites is 1. The standard InChI is InChI=1S/C6H4Cl2O.2CH3.Al/c7-4-2-1-3-5(8)6(4)9;;;/h1-3,9H;2*1H3;/q;;;+1/p-1. The van der Waals surface area contributed by atoms with Gasteiger partial charge in [0.25, 0.3) is 0 Å². The van der Waals surface area contributed by atoms with Crippen LogP contribution in [0.1, 0.15) is 0 Å². The molecule has 0 unspecified atom stereocenters. The Bertz CT molecular complexity index is 256. The molecule has 0 spiro atoms. The summed E-state index contributed by atoms with van der Waals surface area (Å²) in [5, 5.41) is 1.17. The molecule has 1 aromatic carbocycles. The van der Waals surface area contributed by atoms with Gasteiger partial charge < -0.3 is 3.79 Å². The van der Waals surface area contributed by atoms with Crippen LogP contribution in [0.3, 0.4) is 0 Å². The van der Waals surface area contributed by atoms with Gasteiger partial charge in [-0.25, -0.2) is 0 Å². The lowest BCUT2D eigenvalue weighted by Gasteiger charge is -2.11. The van der Waals surface area contributed by atoms with Crippen LogP contribution >= 0.6 is 23.2 Å². The maximum absolute atomic E-state index is 5.89. The SMILES string of the molecule is [CH3][Al]([CH3])[O]c1c(Cl)cccc1Cl. The summed E-state index contributed by atoms with van der Waals surface area (Å²) in [6.07, 6.45) is 0. The summed E-state index contributed by atoms with van der Waals surface area (Å²) in [6, 6.07) is 5.36. The molecule has 64 valence electrons. The Morgan fingerprint density at radius 1 is 1.17 bits per heavy atom. The second kappa shape index (κ2) is 4.39. The third-order valence-corrected chi connectivity index (χ3v) is 2.57. The van der Waals surface area contributed by atoms with Crippen LogP contribution < -0.4 is 3.79 Å². The van der Waals surface area contributed by atoms with Crippen molar-refractivity contribution in [3.8, 4) is 5.75 Å². The van der Waals surface area contributed by atoms with Crippen LogP contribution in [0.25, 0.3) is 0 Å². The molecular weight excluding hydrogens is 210 g/mol. The van der Waals surface area contributed by atoms with Crippen LogP contribution in [0, 0.1) is 0 Å². The number of benzene rings is 1. The Morgan fingerprint density at radius 2 is 1.67 bits per heavy atom. The summed E-state index contributed by atoms with van der Waals surface area (Å²) < 4.78 is 5.55. The van der Waals surface area contributed by atoms with Crippen molar-refractivity contribution in [3.05, 3.63) is 28.2 Å². The van der Waals surface area contributed by atoms with Gasteiger partial charge in [0.15, 0.2) is 0 Å². The molecule has 0 aliphatic rings. The lowest BCUT2D eigenvalue weighted by atomic mass is 10.3. The maximum Gasteiger partial charge on any atom is 0.540 e. The molecular formula is C8H9AlCl2O. The van der Waals surface area contributed by atoms with E-state index in [0.717, 1.165) is 0 Å². The third-order valence-electron chi connectivity index (χ3n) is 1.27. The molecule has 1 aromatic rings. The van der Waals surface area contributed by atoms with Gasteiger partial charge in [0.1, 0.15) is 5.75 Å². The molecule has 0 heterocycles. The molecule has 12 heavy (non-hydrogen) atoms. The average molecular weight is 219 g/mol.